The van der Waals surface area contributed by atoms with Crippen molar-refractivity contribution < 1.29 is 22.0 Å². The quantitative estimate of drug-likeness (QED) is 0.650. The zero-order valence-corrected chi connectivity index (χ0v) is 8.51. The summed E-state index contributed by atoms with van der Waals surface area (Å²) in [5.41, 5.74) is 6.10. The molecule has 0 bridgehead atoms. The van der Waals surface area contributed by atoms with Crippen LogP contribution in [0.5, 0.6) is 0 Å². The van der Waals surface area contributed by atoms with Crippen molar-refractivity contribution in [3.63, 3.8) is 0 Å². The second-order valence-corrected chi connectivity index (χ2v) is 4.26. The number of hydrazine groups is 1. The van der Waals surface area contributed by atoms with E-state index in [1.54, 1.807) is 0 Å². The van der Waals surface area contributed by atoms with Gasteiger partial charge < -0.3 is 5.73 Å². The minimum atomic E-state index is -4.53. The van der Waals surface area contributed by atoms with Gasteiger partial charge in [-0.15, -0.1) is 4.83 Å². The number of carbonyl (C=O) groups is 1. The van der Waals surface area contributed by atoms with E-state index in [9.17, 15) is 22.0 Å². The molecule has 0 aromatic heterocycles. The van der Waals surface area contributed by atoms with E-state index in [1.807, 2.05) is 0 Å². The molecule has 0 aliphatic heterocycles. The first-order valence-corrected chi connectivity index (χ1v) is 5.34. The lowest BCUT2D eigenvalue weighted by molar-refractivity contribution is 0.247. The van der Waals surface area contributed by atoms with Crippen molar-refractivity contribution in [2.75, 3.05) is 0 Å². The summed E-state index contributed by atoms with van der Waals surface area (Å²) in [4.78, 5) is 10.5. The summed E-state index contributed by atoms with van der Waals surface area (Å²) < 4.78 is 48.8. The third-order valence-corrected chi connectivity index (χ3v) is 2.79. The largest absolute Gasteiger partial charge is 0.351 e. The van der Waals surface area contributed by atoms with E-state index < -0.39 is 32.6 Å². The molecule has 4 N–H and O–H groups in total. The van der Waals surface area contributed by atoms with Crippen molar-refractivity contribution in [1.82, 2.24) is 10.3 Å². The Balaban J connectivity index is 3.12. The van der Waals surface area contributed by atoms with Crippen molar-refractivity contribution in [2.45, 2.75) is 4.90 Å². The molecule has 6 nitrogen and oxygen atoms in total. The number of hydrogen-bond donors (Lipinski definition) is 3. The Bertz CT molecular complexity index is 497. The highest BCUT2D eigenvalue weighted by Crippen LogP contribution is 2.17. The van der Waals surface area contributed by atoms with Crippen molar-refractivity contribution in [3.05, 3.63) is 29.8 Å². The first-order valence-electron chi connectivity index (χ1n) is 3.86. The molecule has 1 aromatic carbocycles. The Morgan fingerprint density at radius 3 is 2.19 bits per heavy atom. The van der Waals surface area contributed by atoms with Gasteiger partial charge in [0.25, 0.3) is 10.0 Å². The summed E-state index contributed by atoms with van der Waals surface area (Å²) in [6, 6.07) is 1.33. The second kappa shape index (κ2) is 4.41. The van der Waals surface area contributed by atoms with Crippen LogP contribution in [0.3, 0.4) is 0 Å². The van der Waals surface area contributed by atoms with Crippen LogP contribution in [0.25, 0.3) is 0 Å². The smallest absolute Gasteiger partial charge is 0.327 e. The van der Waals surface area contributed by atoms with E-state index >= 15 is 0 Å². The molecule has 16 heavy (non-hydrogen) atoms. The molecule has 0 spiro atoms. The molecule has 1 rings (SSSR count). The number of carbonyl (C=O) groups excluding carboxylic acids is 1. The van der Waals surface area contributed by atoms with Gasteiger partial charge in [-0.3, -0.25) is 5.43 Å². The van der Waals surface area contributed by atoms with Crippen LogP contribution in [0.1, 0.15) is 0 Å². The fourth-order valence-corrected chi connectivity index (χ4v) is 1.89. The van der Waals surface area contributed by atoms with Crippen LogP contribution in [0, 0.1) is 11.6 Å². The minimum absolute atomic E-state index is 0.766. The van der Waals surface area contributed by atoms with Gasteiger partial charge in [0.15, 0.2) is 4.90 Å². The van der Waals surface area contributed by atoms with Gasteiger partial charge in [-0.1, -0.05) is 6.07 Å². The molecule has 0 unspecified atom stereocenters. The summed E-state index contributed by atoms with van der Waals surface area (Å²) in [7, 11) is -4.53. The second-order valence-electron chi connectivity index (χ2n) is 2.65. The number of rotatable bonds is 3. The van der Waals surface area contributed by atoms with E-state index in [1.165, 1.54) is 10.3 Å². The lowest BCUT2D eigenvalue weighted by atomic mass is 10.3. The van der Waals surface area contributed by atoms with Gasteiger partial charge in [-0.25, -0.2) is 22.0 Å². The van der Waals surface area contributed by atoms with Gasteiger partial charge in [0.1, 0.15) is 11.6 Å². The van der Waals surface area contributed by atoms with Crippen LogP contribution >= 0.6 is 0 Å². The maximum atomic E-state index is 13.1. The number of nitrogens with two attached hydrogens (primary N) is 1. The number of halogens is 2. The zero-order chi connectivity index (χ0) is 12.3. The fourth-order valence-electron chi connectivity index (χ4n) is 0.908. The normalized spacial score (nSPS) is 11.1. The molecular formula is C7H7F2N3O3S. The first-order chi connectivity index (χ1) is 7.34. The molecule has 0 aliphatic carbocycles. The average molecular weight is 251 g/mol. The van der Waals surface area contributed by atoms with Crippen LogP contribution in [-0.2, 0) is 10.0 Å². The summed E-state index contributed by atoms with van der Waals surface area (Å²) in [5, 5.41) is 0. The Labute approximate surface area is 89.5 Å². The highest BCUT2D eigenvalue weighted by Gasteiger charge is 2.23. The van der Waals surface area contributed by atoms with E-state index in [-0.39, 0.29) is 0 Å². The summed E-state index contributed by atoms with van der Waals surface area (Å²) in [5.74, 6) is -2.56. The fraction of sp³-hybridized carbons (Fsp3) is 0. The molecule has 88 valence electrons. The molecule has 1 aromatic rings. The number of benzene rings is 1. The lowest BCUT2D eigenvalue weighted by Crippen LogP contribution is -2.44. The molecular weight excluding hydrogens is 244 g/mol. The van der Waals surface area contributed by atoms with Gasteiger partial charge in [0.05, 0.1) is 0 Å². The predicted molar refractivity (Wildman–Crippen MR) is 49.4 cm³/mol. The molecule has 0 saturated heterocycles. The Morgan fingerprint density at radius 2 is 1.75 bits per heavy atom. The van der Waals surface area contributed by atoms with Crippen molar-refractivity contribution in [2.24, 2.45) is 5.73 Å². The van der Waals surface area contributed by atoms with Crippen molar-refractivity contribution in [1.29, 1.82) is 0 Å². The van der Waals surface area contributed by atoms with E-state index in [4.69, 9.17) is 0 Å². The third-order valence-electron chi connectivity index (χ3n) is 1.50. The molecule has 0 aliphatic rings. The van der Waals surface area contributed by atoms with E-state index in [0.717, 1.165) is 18.2 Å². The number of hydrogen-bond acceptors (Lipinski definition) is 3. The Hall–Kier alpha value is -1.74. The monoisotopic (exact) mass is 251 g/mol. The SMILES string of the molecule is NC(=O)NNS(=O)(=O)c1c(F)cccc1F. The predicted octanol–water partition coefficient (Wildman–Crippen LogP) is -0.174. The molecule has 0 heterocycles. The Kier molecular flexibility index (Phi) is 3.40. The molecule has 2 amide bonds. The zero-order valence-electron chi connectivity index (χ0n) is 7.70. The van der Waals surface area contributed by atoms with Crippen LogP contribution in [-0.4, -0.2) is 14.4 Å². The van der Waals surface area contributed by atoms with E-state index in [2.05, 4.69) is 5.73 Å². The molecule has 0 radical (unpaired) electrons. The van der Waals surface area contributed by atoms with E-state index in [0.29, 0.717) is 0 Å². The topological polar surface area (TPSA) is 101 Å². The Morgan fingerprint density at radius 1 is 1.25 bits per heavy atom. The van der Waals surface area contributed by atoms with Gasteiger partial charge in [-0.05, 0) is 12.1 Å². The standard InChI is InChI=1S/C7H7F2N3O3S/c8-4-2-1-3-5(9)6(4)16(14,15)12-11-7(10)13/h1-3,12H,(H3,10,11,13). The minimum Gasteiger partial charge on any atom is -0.351 e. The molecule has 0 saturated carbocycles. The number of urea groups is 1. The van der Waals surface area contributed by atoms with Crippen molar-refractivity contribution in [3.8, 4) is 0 Å². The van der Waals surface area contributed by atoms with Crippen LogP contribution in [0.15, 0.2) is 23.1 Å². The summed E-state index contributed by atoms with van der Waals surface area (Å²) in [6.45, 7) is 0. The summed E-state index contributed by atoms with van der Waals surface area (Å²) >= 11 is 0. The number of sulfonamides is 1. The van der Waals surface area contributed by atoms with Crippen molar-refractivity contribution >= 4 is 16.1 Å². The molecule has 9 heteroatoms. The number of primary amides is 1. The third kappa shape index (κ3) is 2.64. The van der Waals surface area contributed by atoms with Crippen LogP contribution < -0.4 is 16.0 Å². The lowest BCUT2D eigenvalue weighted by Gasteiger charge is -2.07. The maximum Gasteiger partial charge on any atom is 0.327 e. The average Bonchev–Trinajstić information content (AvgIpc) is 2.14. The van der Waals surface area contributed by atoms with Gasteiger partial charge in [0, 0.05) is 0 Å². The summed E-state index contributed by atoms with van der Waals surface area (Å²) in [6.07, 6.45) is 0. The van der Waals surface area contributed by atoms with Gasteiger partial charge >= 0.3 is 6.03 Å². The van der Waals surface area contributed by atoms with Crippen LogP contribution in [0.2, 0.25) is 0 Å². The highest BCUT2D eigenvalue weighted by molar-refractivity contribution is 7.89. The molecule has 0 atom stereocenters. The first kappa shape index (κ1) is 12.3. The number of amides is 2. The number of nitrogens with one attached hydrogen (secondary N) is 2. The van der Waals surface area contributed by atoms with Crippen LogP contribution in [0.4, 0.5) is 13.6 Å². The maximum absolute atomic E-state index is 13.1. The van der Waals surface area contributed by atoms with Gasteiger partial charge in [-0.2, -0.15) is 0 Å². The highest BCUT2D eigenvalue weighted by atomic mass is 32.2. The molecule has 0 fully saturated rings. The van der Waals surface area contributed by atoms with Gasteiger partial charge in [0.2, 0.25) is 0 Å².